The molecule has 2 nitrogen and oxygen atoms in total. The largest absolute Gasteiger partial charge is 0.352 e. The molecule has 1 N–H and O–H groups in total. The molecule has 2 atom stereocenters. The van der Waals surface area contributed by atoms with E-state index in [-0.39, 0.29) is 5.91 Å². The molecule has 0 saturated carbocycles. The number of carbonyl (C=O) groups excluding carboxylic acids is 1. The molecular weight excluding hydrogens is 138 g/mol. The third-order valence-corrected chi connectivity index (χ3v) is 2.46. The fourth-order valence-electron chi connectivity index (χ4n) is 1.64. The van der Waals surface area contributed by atoms with Crippen LogP contribution >= 0.6 is 0 Å². The fourth-order valence-corrected chi connectivity index (χ4v) is 1.64. The SMILES string of the molecule is CCCC[C@H]1NC(=O)[C@@H]1CC. The maximum Gasteiger partial charge on any atom is 0.225 e. The second kappa shape index (κ2) is 3.74. The van der Waals surface area contributed by atoms with Crippen molar-refractivity contribution in [1.29, 1.82) is 0 Å². The smallest absolute Gasteiger partial charge is 0.225 e. The van der Waals surface area contributed by atoms with Crippen molar-refractivity contribution in [2.75, 3.05) is 0 Å². The Morgan fingerprint density at radius 3 is 2.64 bits per heavy atom. The monoisotopic (exact) mass is 155 g/mol. The molecule has 1 aliphatic heterocycles. The number of unbranched alkanes of at least 4 members (excludes halogenated alkanes) is 1. The zero-order chi connectivity index (χ0) is 8.27. The molecule has 0 aliphatic carbocycles. The van der Waals surface area contributed by atoms with E-state index in [0.29, 0.717) is 12.0 Å². The highest BCUT2D eigenvalue weighted by atomic mass is 16.2. The summed E-state index contributed by atoms with van der Waals surface area (Å²) in [6.07, 6.45) is 4.63. The standard InChI is InChI=1S/C9H17NO/c1-3-5-6-8-7(4-2)9(11)10-8/h7-8H,3-6H2,1-2H3,(H,10,11)/t7-,8-/m1/s1. The van der Waals surface area contributed by atoms with E-state index >= 15 is 0 Å². The van der Waals surface area contributed by atoms with Crippen LogP contribution < -0.4 is 5.32 Å². The third kappa shape index (κ3) is 1.73. The molecule has 1 amide bonds. The molecule has 2 heteroatoms. The van der Waals surface area contributed by atoms with Crippen LogP contribution in [-0.2, 0) is 4.79 Å². The van der Waals surface area contributed by atoms with E-state index in [9.17, 15) is 4.79 Å². The van der Waals surface area contributed by atoms with Gasteiger partial charge in [0.15, 0.2) is 0 Å². The zero-order valence-electron chi connectivity index (χ0n) is 7.39. The molecule has 11 heavy (non-hydrogen) atoms. The van der Waals surface area contributed by atoms with Crippen LogP contribution in [0.1, 0.15) is 39.5 Å². The Labute approximate surface area is 68.4 Å². The number of carbonyl (C=O) groups is 1. The molecule has 1 saturated heterocycles. The van der Waals surface area contributed by atoms with E-state index in [0.717, 1.165) is 6.42 Å². The first kappa shape index (κ1) is 8.57. The summed E-state index contributed by atoms with van der Waals surface area (Å²) in [5.41, 5.74) is 0. The Morgan fingerprint density at radius 2 is 2.18 bits per heavy atom. The minimum absolute atomic E-state index is 0.258. The summed E-state index contributed by atoms with van der Waals surface area (Å²) in [5.74, 6) is 0.579. The average Bonchev–Trinajstić information content (AvgIpc) is 1.98. The molecule has 1 heterocycles. The topological polar surface area (TPSA) is 29.1 Å². The molecule has 0 aromatic rings. The minimum atomic E-state index is 0.258. The van der Waals surface area contributed by atoms with Crippen molar-refractivity contribution in [3.63, 3.8) is 0 Å². The number of β-lactam (4-membered cyclic amide) rings is 1. The van der Waals surface area contributed by atoms with E-state index in [4.69, 9.17) is 0 Å². The van der Waals surface area contributed by atoms with Gasteiger partial charge in [-0.05, 0) is 12.8 Å². The van der Waals surface area contributed by atoms with Crippen LogP contribution in [0, 0.1) is 5.92 Å². The zero-order valence-corrected chi connectivity index (χ0v) is 7.39. The Balaban J connectivity index is 2.21. The number of amides is 1. The molecule has 0 spiro atoms. The summed E-state index contributed by atoms with van der Waals surface area (Å²) >= 11 is 0. The van der Waals surface area contributed by atoms with Gasteiger partial charge in [0.1, 0.15) is 0 Å². The van der Waals surface area contributed by atoms with Crippen LogP contribution in [0.5, 0.6) is 0 Å². The summed E-state index contributed by atoms with van der Waals surface area (Å²) in [6.45, 7) is 4.27. The summed E-state index contributed by atoms with van der Waals surface area (Å²) in [5, 5.41) is 2.94. The van der Waals surface area contributed by atoms with Gasteiger partial charge in [0.05, 0.1) is 5.92 Å². The van der Waals surface area contributed by atoms with Crippen molar-refractivity contribution in [1.82, 2.24) is 5.32 Å². The van der Waals surface area contributed by atoms with Gasteiger partial charge in [0, 0.05) is 6.04 Å². The summed E-state index contributed by atoms with van der Waals surface area (Å²) in [6, 6.07) is 0.493. The fraction of sp³-hybridized carbons (Fsp3) is 0.889. The Morgan fingerprint density at radius 1 is 1.45 bits per heavy atom. The molecule has 1 rings (SSSR count). The van der Waals surface area contributed by atoms with Crippen molar-refractivity contribution < 1.29 is 4.79 Å². The van der Waals surface area contributed by atoms with Gasteiger partial charge < -0.3 is 5.32 Å². The van der Waals surface area contributed by atoms with Gasteiger partial charge in [-0.1, -0.05) is 26.7 Å². The number of hydrogen-bond donors (Lipinski definition) is 1. The summed E-state index contributed by atoms with van der Waals surface area (Å²) < 4.78 is 0. The van der Waals surface area contributed by atoms with Crippen LogP contribution in [0.3, 0.4) is 0 Å². The van der Waals surface area contributed by atoms with E-state index in [2.05, 4.69) is 19.2 Å². The van der Waals surface area contributed by atoms with Crippen LogP contribution in [0.2, 0.25) is 0 Å². The van der Waals surface area contributed by atoms with Crippen LogP contribution in [-0.4, -0.2) is 11.9 Å². The van der Waals surface area contributed by atoms with Gasteiger partial charge in [-0.15, -0.1) is 0 Å². The highest BCUT2D eigenvalue weighted by Crippen LogP contribution is 2.22. The van der Waals surface area contributed by atoms with Gasteiger partial charge in [-0.3, -0.25) is 4.79 Å². The molecule has 0 aromatic carbocycles. The van der Waals surface area contributed by atoms with Crippen LogP contribution in [0.25, 0.3) is 0 Å². The first-order chi connectivity index (χ1) is 5.29. The lowest BCUT2D eigenvalue weighted by molar-refractivity contribution is -0.135. The molecule has 1 aliphatic rings. The lowest BCUT2D eigenvalue weighted by Gasteiger charge is -2.36. The van der Waals surface area contributed by atoms with Gasteiger partial charge in [0.25, 0.3) is 0 Å². The van der Waals surface area contributed by atoms with Crippen molar-refractivity contribution in [3.8, 4) is 0 Å². The molecule has 0 radical (unpaired) electrons. The van der Waals surface area contributed by atoms with Crippen LogP contribution in [0.4, 0.5) is 0 Å². The number of rotatable bonds is 4. The molecule has 0 aromatic heterocycles. The Hall–Kier alpha value is -0.530. The average molecular weight is 155 g/mol. The molecule has 0 unspecified atom stereocenters. The van der Waals surface area contributed by atoms with Crippen molar-refractivity contribution in [2.45, 2.75) is 45.6 Å². The lowest BCUT2D eigenvalue weighted by Crippen LogP contribution is -2.57. The Bertz CT molecular complexity index is 144. The first-order valence-electron chi connectivity index (χ1n) is 4.60. The molecular formula is C9H17NO. The van der Waals surface area contributed by atoms with Gasteiger partial charge in [-0.2, -0.15) is 0 Å². The lowest BCUT2D eigenvalue weighted by atomic mass is 9.85. The quantitative estimate of drug-likeness (QED) is 0.615. The molecule has 0 bridgehead atoms. The second-order valence-corrected chi connectivity index (χ2v) is 3.27. The van der Waals surface area contributed by atoms with Gasteiger partial charge in [0.2, 0.25) is 5.91 Å². The maximum atomic E-state index is 10.9. The summed E-state index contributed by atoms with van der Waals surface area (Å²) in [4.78, 5) is 10.9. The van der Waals surface area contributed by atoms with Gasteiger partial charge in [-0.25, -0.2) is 0 Å². The minimum Gasteiger partial charge on any atom is -0.352 e. The van der Waals surface area contributed by atoms with Crippen molar-refractivity contribution in [3.05, 3.63) is 0 Å². The second-order valence-electron chi connectivity index (χ2n) is 3.27. The number of hydrogen-bond acceptors (Lipinski definition) is 1. The molecule has 1 fully saturated rings. The summed E-state index contributed by atoms with van der Waals surface area (Å²) in [7, 11) is 0. The van der Waals surface area contributed by atoms with Crippen LogP contribution in [0.15, 0.2) is 0 Å². The van der Waals surface area contributed by atoms with Gasteiger partial charge >= 0.3 is 0 Å². The van der Waals surface area contributed by atoms with E-state index < -0.39 is 0 Å². The third-order valence-electron chi connectivity index (χ3n) is 2.46. The Kier molecular flexibility index (Phi) is 2.92. The first-order valence-corrected chi connectivity index (χ1v) is 4.60. The highest BCUT2D eigenvalue weighted by molar-refractivity contribution is 5.85. The van der Waals surface area contributed by atoms with E-state index in [1.165, 1.54) is 19.3 Å². The number of nitrogens with one attached hydrogen (secondary N) is 1. The van der Waals surface area contributed by atoms with E-state index in [1.54, 1.807) is 0 Å². The highest BCUT2D eigenvalue weighted by Gasteiger charge is 2.36. The normalized spacial score (nSPS) is 29.5. The van der Waals surface area contributed by atoms with Crippen molar-refractivity contribution >= 4 is 5.91 Å². The molecule has 64 valence electrons. The predicted octanol–water partition coefficient (Wildman–Crippen LogP) is 1.70. The maximum absolute atomic E-state index is 10.9. The van der Waals surface area contributed by atoms with Crippen molar-refractivity contribution in [2.24, 2.45) is 5.92 Å². The predicted molar refractivity (Wildman–Crippen MR) is 45.2 cm³/mol. The van der Waals surface area contributed by atoms with E-state index in [1.807, 2.05) is 0 Å².